The van der Waals surface area contributed by atoms with E-state index in [9.17, 15) is 0 Å². The normalized spacial score (nSPS) is 10.9. The molecule has 0 amide bonds. The van der Waals surface area contributed by atoms with Crippen LogP contribution in [0, 0.1) is 12.8 Å². The monoisotopic (exact) mass is 221 g/mol. The smallest absolute Gasteiger partial charge is 0.0684 e. The van der Waals surface area contributed by atoms with Gasteiger partial charge in [-0.25, -0.2) is 0 Å². The van der Waals surface area contributed by atoms with E-state index in [1.165, 1.54) is 11.3 Å². The van der Waals surface area contributed by atoms with Crippen molar-refractivity contribution in [3.8, 4) is 0 Å². The molecule has 1 aromatic carbocycles. The van der Waals surface area contributed by atoms with Crippen molar-refractivity contribution >= 4 is 5.69 Å². The van der Waals surface area contributed by atoms with Gasteiger partial charge in [0.2, 0.25) is 0 Å². The van der Waals surface area contributed by atoms with Gasteiger partial charge < -0.3 is 10.0 Å². The number of rotatable bonds is 5. The Morgan fingerprint density at radius 1 is 1.31 bits per heavy atom. The summed E-state index contributed by atoms with van der Waals surface area (Å²) in [6.45, 7) is 10.9. The van der Waals surface area contributed by atoms with Gasteiger partial charge in [-0.15, -0.1) is 0 Å². The summed E-state index contributed by atoms with van der Waals surface area (Å²) in [6.07, 6.45) is 0. The Bertz CT molecular complexity index is 334. The first-order chi connectivity index (χ1) is 7.58. The molecule has 1 N–H and O–H groups in total. The van der Waals surface area contributed by atoms with Gasteiger partial charge in [-0.3, -0.25) is 0 Å². The average molecular weight is 221 g/mol. The molecule has 0 aliphatic heterocycles. The molecule has 1 aromatic rings. The molecular weight excluding hydrogens is 198 g/mol. The summed E-state index contributed by atoms with van der Waals surface area (Å²) in [5.74, 6) is 0.665. The van der Waals surface area contributed by atoms with Crippen LogP contribution in [0.25, 0.3) is 0 Å². The van der Waals surface area contributed by atoms with E-state index < -0.39 is 0 Å². The molecule has 2 nitrogen and oxygen atoms in total. The molecule has 0 aromatic heterocycles. The van der Waals surface area contributed by atoms with Crippen LogP contribution < -0.4 is 4.90 Å². The van der Waals surface area contributed by atoms with Crippen molar-refractivity contribution in [1.29, 1.82) is 0 Å². The number of hydrogen-bond donors (Lipinski definition) is 1. The van der Waals surface area contributed by atoms with Gasteiger partial charge in [-0.2, -0.15) is 0 Å². The first-order valence-corrected chi connectivity index (χ1v) is 6.03. The van der Waals surface area contributed by atoms with Crippen LogP contribution >= 0.6 is 0 Å². The van der Waals surface area contributed by atoms with Crippen LogP contribution in [0.5, 0.6) is 0 Å². The van der Waals surface area contributed by atoms with E-state index in [4.69, 9.17) is 5.11 Å². The highest BCUT2D eigenvalue weighted by Crippen LogP contribution is 2.20. The van der Waals surface area contributed by atoms with Crippen LogP contribution in [-0.2, 0) is 6.61 Å². The lowest BCUT2D eigenvalue weighted by Crippen LogP contribution is -2.27. The number of nitrogens with zero attached hydrogens (tertiary/aromatic N) is 1. The summed E-state index contributed by atoms with van der Waals surface area (Å²) in [4.78, 5) is 2.37. The molecule has 1 rings (SSSR count). The molecule has 2 heteroatoms. The van der Waals surface area contributed by atoms with Crippen LogP contribution in [-0.4, -0.2) is 18.2 Å². The zero-order valence-electron chi connectivity index (χ0n) is 10.8. The Morgan fingerprint density at radius 3 is 2.44 bits per heavy atom. The molecule has 0 radical (unpaired) electrons. The number of aliphatic hydroxyl groups is 1. The molecule has 0 aliphatic rings. The molecule has 0 bridgehead atoms. The summed E-state index contributed by atoms with van der Waals surface area (Å²) < 4.78 is 0. The van der Waals surface area contributed by atoms with Crippen molar-refractivity contribution in [2.24, 2.45) is 5.92 Å². The van der Waals surface area contributed by atoms with Gasteiger partial charge in [-0.05, 0) is 43.0 Å². The zero-order chi connectivity index (χ0) is 12.1. The standard InChI is InChI=1S/C14H23NO/c1-5-15(9-11(2)3)14-7-6-13(10-16)12(4)8-14/h6-8,11,16H,5,9-10H2,1-4H3. The molecule has 0 fully saturated rings. The van der Waals surface area contributed by atoms with E-state index in [-0.39, 0.29) is 6.61 Å². The van der Waals surface area contributed by atoms with E-state index in [2.05, 4.69) is 44.7 Å². The topological polar surface area (TPSA) is 23.5 Å². The number of hydrogen-bond acceptors (Lipinski definition) is 2. The summed E-state index contributed by atoms with van der Waals surface area (Å²) in [5.41, 5.74) is 3.44. The zero-order valence-corrected chi connectivity index (χ0v) is 10.8. The van der Waals surface area contributed by atoms with Crippen LogP contribution in [0.1, 0.15) is 31.9 Å². The molecule has 0 saturated carbocycles. The fraction of sp³-hybridized carbons (Fsp3) is 0.571. The maximum Gasteiger partial charge on any atom is 0.0684 e. The Kier molecular flexibility index (Phi) is 4.81. The highest BCUT2D eigenvalue weighted by atomic mass is 16.3. The summed E-state index contributed by atoms with van der Waals surface area (Å²) in [7, 11) is 0. The predicted molar refractivity (Wildman–Crippen MR) is 69.8 cm³/mol. The van der Waals surface area contributed by atoms with E-state index in [1.807, 2.05) is 6.07 Å². The second-order valence-corrected chi connectivity index (χ2v) is 4.70. The Balaban J connectivity index is 2.89. The first kappa shape index (κ1) is 13.0. The third-order valence-electron chi connectivity index (χ3n) is 2.83. The number of anilines is 1. The second-order valence-electron chi connectivity index (χ2n) is 4.70. The van der Waals surface area contributed by atoms with Gasteiger partial charge >= 0.3 is 0 Å². The van der Waals surface area contributed by atoms with Crippen LogP contribution in [0.15, 0.2) is 18.2 Å². The van der Waals surface area contributed by atoms with E-state index >= 15 is 0 Å². The molecule has 0 unspecified atom stereocenters. The summed E-state index contributed by atoms with van der Waals surface area (Å²) >= 11 is 0. The number of aryl methyl sites for hydroxylation is 1. The van der Waals surface area contributed by atoms with Gasteiger partial charge in [-0.1, -0.05) is 19.9 Å². The maximum absolute atomic E-state index is 9.14. The Morgan fingerprint density at radius 2 is 2.00 bits per heavy atom. The molecule has 0 heterocycles. The summed E-state index contributed by atoms with van der Waals surface area (Å²) in [6, 6.07) is 6.29. The van der Waals surface area contributed by atoms with Gasteiger partial charge in [0.05, 0.1) is 6.61 Å². The van der Waals surface area contributed by atoms with E-state index in [0.29, 0.717) is 5.92 Å². The van der Waals surface area contributed by atoms with Crippen LogP contribution in [0.2, 0.25) is 0 Å². The summed E-state index contributed by atoms with van der Waals surface area (Å²) in [5, 5.41) is 9.14. The van der Waals surface area contributed by atoms with Gasteiger partial charge in [0.1, 0.15) is 0 Å². The highest BCUT2D eigenvalue weighted by Gasteiger charge is 2.07. The molecule has 0 aliphatic carbocycles. The lowest BCUT2D eigenvalue weighted by atomic mass is 10.1. The third kappa shape index (κ3) is 3.24. The number of benzene rings is 1. The minimum absolute atomic E-state index is 0.127. The quantitative estimate of drug-likeness (QED) is 0.826. The van der Waals surface area contributed by atoms with Crippen LogP contribution in [0.3, 0.4) is 0 Å². The SMILES string of the molecule is CCN(CC(C)C)c1ccc(CO)c(C)c1. The van der Waals surface area contributed by atoms with Gasteiger partial charge in [0, 0.05) is 18.8 Å². The third-order valence-corrected chi connectivity index (χ3v) is 2.83. The maximum atomic E-state index is 9.14. The lowest BCUT2D eigenvalue weighted by Gasteiger charge is -2.25. The van der Waals surface area contributed by atoms with Crippen molar-refractivity contribution in [2.75, 3.05) is 18.0 Å². The predicted octanol–water partition coefficient (Wildman–Crippen LogP) is 2.97. The first-order valence-electron chi connectivity index (χ1n) is 6.03. The molecule has 90 valence electrons. The number of aliphatic hydroxyl groups excluding tert-OH is 1. The van der Waals surface area contributed by atoms with Crippen molar-refractivity contribution in [1.82, 2.24) is 0 Å². The van der Waals surface area contributed by atoms with Crippen molar-refractivity contribution in [2.45, 2.75) is 34.3 Å². The molecule has 0 atom stereocenters. The molecule has 0 spiro atoms. The van der Waals surface area contributed by atoms with Crippen molar-refractivity contribution in [3.63, 3.8) is 0 Å². The minimum atomic E-state index is 0.127. The van der Waals surface area contributed by atoms with Crippen molar-refractivity contribution < 1.29 is 5.11 Å². The Labute approximate surface area is 98.9 Å². The molecule has 16 heavy (non-hydrogen) atoms. The van der Waals surface area contributed by atoms with E-state index in [0.717, 1.165) is 18.7 Å². The van der Waals surface area contributed by atoms with E-state index in [1.54, 1.807) is 0 Å². The van der Waals surface area contributed by atoms with Gasteiger partial charge in [0.25, 0.3) is 0 Å². The Hall–Kier alpha value is -1.02. The molecule has 0 saturated heterocycles. The van der Waals surface area contributed by atoms with Crippen LogP contribution in [0.4, 0.5) is 5.69 Å². The fourth-order valence-electron chi connectivity index (χ4n) is 1.91. The second kappa shape index (κ2) is 5.90. The van der Waals surface area contributed by atoms with Crippen molar-refractivity contribution in [3.05, 3.63) is 29.3 Å². The molecular formula is C14H23NO. The van der Waals surface area contributed by atoms with Gasteiger partial charge in [0.15, 0.2) is 0 Å². The highest BCUT2D eigenvalue weighted by molar-refractivity contribution is 5.50. The average Bonchev–Trinajstić information content (AvgIpc) is 2.25. The minimum Gasteiger partial charge on any atom is -0.392 e. The lowest BCUT2D eigenvalue weighted by molar-refractivity contribution is 0.281. The fourth-order valence-corrected chi connectivity index (χ4v) is 1.91. The largest absolute Gasteiger partial charge is 0.392 e.